The first-order valence-electron chi connectivity index (χ1n) is 12.1. The predicted molar refractivity (Wildman–Crippen MR) is 140 cm³/mol. The molecule has 1 atom stereocenters. The van der Waals surface area contributed by atoms with Crippen LogP contribution in [-0.4, -0.2) is 34.6 Å². The Hall–Kier alpha value is -3.99. The van der Waals surface area contributed by atoms with Gasteiger partial charge in [0.2, 0.25) is 5.91 Å². The van der Waals surface area contributed by atoms with Gasteiger partial charge in [0.05, 0.1) is 18.0 Å². The summed E-state index contributed by atoms with van der Waals surface area (Å²) in [6.45, 7) is 4.44. The Morgan fingerprint density at radius 1 is 1.00 bits per heavy atom. The number of hydrogen-bond acceptors (Lipinski definition) is 4. The van der Waals surface area contributed by atoms with Gasteiger partial charge in [-0.3, -0.25) is 19.5 Å². The summed E-state index contributed by atoms with van der Waals surface area (Å²) in [5.74, 6) is -0.475. The molecule has 5 heteroatoms. The van der Waals surface area contributed by atoms with Crippen molar-refractivity contribution in [3.8, 4) is 5.75 Å². The molecule has 0 radical (unpaired) electrons. The summed E-state index contributed by atoms with van der Waals surface area (Å²) in [4.78, 5) is 32.5. The van der Waals surface area contributed by atoms with Crippen molar-refractivity contribution in [2.75, 3.05) is 6.54 Å². The number of nitrogens with zero attached hydrogens (tertiary/aromatic N) is 2. The minimum atomic E-state index is -0.293. The molecular formula is C30H28N2O3. The fourth-order valence-corrected chi connectivity index (χ4v) is 4.84. The fraction of sp³-hybridized carbons (Fsp3) is 0.233. The third-order valence-electron chi connectivity index (χ3n) is 6.84. The van der Waals surface area contributed by atoms with Crippen molar-refractivity contribution in [1.29, 1.82) is 0 Å². The molecule has 0 bridgehead atoms. The Morgan fingerprint density at radius 3 is 2.49 bits per heavy atom. The smallest absolute Gasteiger partial charge is 0.261 e. The lowest BCUT2D eigenvalue weighted by Crippen LogP contribution is -2.43. The Labute approximate surface area is 204 Å². The second-order valence-corrected chi connectivity index (χ2v) is 9.10. The summed E-state index contributed by atoms with van der Waals surface area (Å²) in [7, 11) is 0. The van der Waals surface area contributed by atoms with E-state index in [-0.39, 0.29) is 30.0 Å². The summed E-state index contributed by atoms with van der Waals surface area (Å²) in [6, 6.07) is 21.6. The molecule has 35 heavy (non-hydrogen) atoms. The van der Waals surface area contributed by atoms with Crippen LogP contribution < -0.4 is 0 Å². The Bertz CT molecular complexity index is 1490. The van der Waals surface area contributed by atoms with E-state index in [9.17, 15) is 14.7 Å². The Morgan fingerprint density at radius 2 is 1.71 bits per heavy atom. The molecule has 1 N–H and O–H groups in total. The first-order valence-corrected chi connectivity index (χ1v) is 12.1. The molecular weight excluding hydrogens is 436 g/mol. The van der Waals surface area contributed by atoms with Crippen LogP contribution >= 0.6 is 0 Å². The molecule has 5 rings (SSSR count). The number of carbonyl (C=O) groups excluding carboxylic acids is 2. The first kappa shape index (κ1) is 22.8. The lowest BCUT2D eigenvalue weighted by Gasteiger charge is -2.29. The van der Waals surface area contributed by atoms with Crippen molar-refractivity contribution in [3.63, 3.8) is 0 Å². The molecule has 1 heterocycles. The first-order chi connectivity index (χ1) is 17.0. The summed E-state index contributed by atoms with van der Waals surface area (Å²) in [5.41, 5.74) is 2.54. The maximum atomic E-state index is 13.5. The number of hydrogen-bond donors (Lipinski definition) is 1. The highest BCUT2D eigenvalue weighted by Crippen LogP contribution is 2.38. The highest BCUT2D eigenvalue weighted by Gasteiger charge is 2.34. The van der Waals surface area contributed by atoms with E-state index < -0.39 is 0 Å². The summed E-state index contributed by atoms with van der Waals surface area (Å²) >= 11 is 0. The van der Waals surface area contributed by atoms with Crippen LogP contribution in [0.25, 0.3) is 21.5 Å². The normalized spacial score (nSPS) is 14.7. The quantitative estimate of drug-likeness (QED) is 0.273. The van der Waals surface area contributed by atoms with Crippen molar-refractivity contribution in [3.05, 3.63) is 89.0 Å². The van der Waals surface area contributed by atoms with Crippen LogP contribution in [0.2, 0.25) is 0 Å². The van der Waals surface area contributed by atoms with Crippen molar-refractivity contribution >= 4 is 39.6 Å². The van der Waals surface area contributed by atoms with Crippen LogP contribution in [0.4, 0.5) is 0 Å². The zero-order valence-electron chi connectivity index (χ0n) is 20.0. The molecule has 176 valence electrons. The topological polar surface area (TPSA) is 70.0 Å². The third-order valence-corrected chi connectivity index (χ3v) is 6.84. The fourth-order valence-electron chi connectivity index (χ4n) is 4.84. The largest absolute Gasteiger partial charge is 0.507 e. The van der Waals surface area contributed by atoms with Gasteiger partial charge in [-0.15, -0.1) is 0 Å². The van der Waals surface area contributed by atoms with Crippen LogP contribution in [0.3, 0.4) is 0 Å². The van der Waals surface area contributed by atoms with Gasteiger partial charge in [0, 0.05) is 23.7 Å². The number of benzene rings is 4. The highest BCUT2D eigenvalue weighted by atomic mass is 16.3. The number of imide groups is 1. The number of unbranched alkanes of at least 4 members (excludes halogenated alkanes) is 1. The van der Waals surface area contributed by atoms with Crippen molar-refractivity contribution in [1.82, 2.24) is 4.90 Å². The monoisotopic (exact) mass is 464 g/mol. The Balaban J connectivity index is 1.59. The molecule has 4 aromatic carbocycles. The van der Waals surface area contributed by atoms with Gasteiger partial charge in [-0.1, -0.05) is 74.0 Å². The maximum Gasteiger partial charge on any atom is 0.261 e. The number of amides is 2. The molecule has 1 aliphatic rings. The predicted octanol–water partition coefficient (Wildman–Crippen LogP) is 6.20. The number of phenolic OH excluding ortho intramolecular Hbond substituents is 1. The van der Waals surface area contributed by atoms with Gasteiger partial charge in [0.25, 0.3) is 5.91 Å². The molecule has 4 aromatic rings. The molecule has 1 aliphatic heterocycles. The van der Waals surface area contributed by atoms with E-state index in [1.807, 2.05) is 44.2 Å². The van der Waals surface area contributed by atoms with E-state index in [1.54, 1.807) is 12.3 Å². The van der Waals surface area contributed by atoms with E-state index >= 15 is 0 Å². The van der Waals surface area contributed by atoms with Crippen LogP contribution in [0.1, 0.15) is 59.8 Å². The molecule has 0 unspecified atom stereocenters. The molecule has 0 saturated carbocycles. The van der Waals surface area contributed by atoms with Crippen LogP contribution in [0.15, 0.2) is 71.7 Å². The average Bonchev–Trinajstić information content (AvgIpc) is 2.88. The van der Waals surface area contributed by atoms with E-state index in [0.717, 1.165) is 23.8 Å². The van der Waals surface area contributed by atoms with E-state index in [2.05, 4.69) is 30.3 Å². The van der Waals surface area contributed by atoms with E-state index in [0.29, 0.717) is 34.0 Å². The van der Waals surface area contributed by atoms with E-state index in [4.69, 9.17) is 4.99 Å². The summed E-state index contributed by atoms with van der Waals surface area (Å²) in [6.07, 6.45) is 3.35. The minimum absolute atomic E-state index is 0.0522. The number of aromatic hydroxyl groups is 1. The summed E-state index contributed by atoms with van der Waals surface area (Å²) < 4.78 is 0. The highest BCUT2D eigenvalue weighted by molar-refractivity contribution is 6.19. The summed E-state index contributed by atoms with van der Waals surface area (Å²) in [5, 5.41) is 14.7. The number of aliphatic imine (C=N–C) groups is 1. The van der Waals surface area contributed by atoms with Crippen LogP contribution in [0.5, 0.6) is 5.75 Å². The van der Waals surface area contributed by atoms with Gasteiger partial charge in [0.15, 0.2) is 0 Å². The van der Waals surface area contributed by atoms with E-state index in [1.165, 1.54) is 10.3 Å². The van der Waals surface area contributed by atoms with Gasteiger partial charge in [-0.05, 0) is 46.7 Å². The third kappa shape index (κ3) is 4.08. The van der Waals surface area contributed by atoms with Crippen molar-refractivity contribution in [2.24, 2.45) is 4.99 Å². The lowest BCUT2D eigenvalue weighted by molar-refractivity contribution is -0.128. The standard InChI is InChI=1S/C30H28N2O3/c1-3-4-15-32-27(33)17-25-26(29(34)24-12-8-7-11-23(24)28(25)30(32)35)18-31-19(2)21-14-13-20-9-5-6-10-22(20)16-21/h5-14,16,18-19,34H,3-4,15,17H2,1-2H3/t19-/m0/s1. The number of carbonyl (C=O) groups is 2. The lowest BCUT2D eigenvalue weighted by atomic mass is 9.87. The Kier molecular flexibility index (Phi) is 6.08. The van der Waals surface area contributed by atoms with Gasteiger partial charge in [-0.25, -0.2) is 0 Å². The minimum Gasteiger partial charge on any atom is -0.507 e. The molecule has 2 amide bonds. The van der Waals surface area contributed by atoms with Gasteiger partial charge >= 0.3 is 0 Å². The van der Waals surface area contributed by atoms with Gasteiger partial charge in [0.1, 0.15) is 5.75 Å². The average molecular weight is 465 g/mol. The number of phenols is 1. The van der Waals surface area contributed by atoms with Crippen LogP contribution in [0, 0.1) is 0 Å². The molecule has 0 aliphatic carbocycles. The molecule has 5 nitrogen and oxygen atoms in total. The SMILES string of the molecule is CCCCN1C(=O)Cc2c(C=N[C@@H](C)c3ccc4ccccc4c3)c(O)c3ccccc3c2C1=O. The zero-order valence-corrected chi connectivity index (χ0v) is 20.0. The van der Waals surface area contributed by atoms with Gasteiger partial charge < -0.3 is 5.11 Å². The molecule has 0 fully saturated rings. The molecule has 0 spiro atoms. The molecule has 0 aromatic heterocycles. The van der Waals surface area contributed by atoms with Crippen molar-refractivity contribution in [2.45, 2.75) is 39.2 Å². The van der Waals surface area contributed by atoms with Crippen LogP contribution in [-0.2, 0) is 11.2 Å². The zero-order chi connectivity index (χ0) is 24.5. The second kappa shape index (κ2) is 9.34. The maximum absolute atomic E-state index is 13.5. The number of rotatable bonds is 6. The van der Waals surface area contributed by atoms with Crippen molar-refractivity contribution < 1.29 is 14.7 Å². The number of fused-ring (bicyclic) bond motifs is 4. The second-order valence-electron chi connectivity index (χ2n) is 9.10. The molecule has 0 saturated heterocycles. The van der Waals surface area contributed by atoms with Gasteiger partial charge in [-0.2, -0.15) is 0 Å².